The summed E-state index contributed by atoms with van der Waals surface area (Å²) in [5, 5.41) is 10.2. The quantitative estimate of drug-likeness (QED) is 0.850. The molecule has 0 saturated heterocycles. The molecule has 0 unspecified atom stereocenters. The Morgan fingerprint density at radius 3 is 2.81 bits per heavy atom. The Balaban J connectivity index is 1.83. The Morgan fingerprint density at radius 2 is 2.14 bits per heavy atom. The Hall–Kier alpha value is -1.81. The second-order valence-electron chi connectivity index (χ2n) is 5.80. The van der Waals surface area contributed by atoms with E-state index in [0.29, 0.717) is 12.6 Å². The number of carbonyl (C=O) groups is 1. The van der Waals surface area contributed by atoms with Gasteiger partial charge < -0.3 is 9.67 Å². The third-order valence-corrected chi connectivity index (χ3v) is 4.26. The molecule has 4 heteroatoms. The number of fused-ring (bicyclic) bond motifs is 1. The summed E-state index contributed by atoms with van der Waals surface area (Å²) < 4.78 is 2.27. The van der Waals surface area contributed by atoms with E-state index in [1.54, 1.807) is 0 Å². The molecular weight excluding hydrogens is 264 g/mol. The molecule has 0 spiro atoms. The molecule has 1 aromatic carbocycles. The van der Waals surface area contributed by atoms with Gasteiger partial charge in [0.05, 0.1) is 6.42 Å². The van der Waals surface area contributed by atoms with Crippen molar-refractivity contribution in [2.45, 2.75) is 45.3 Å². The molecule has 0 amide bonds. The summed E-state index contributed by atoms with van der Waals surface area (Å²) >= 11 is 0. The Bertz CT molecular complexity index is 643. The number of aliphatic carboxylic acids is 1. The van der Waals surface area contributed by atoms with Crippen LogP contribution in [0.25, 0.3) is 10.9 Å². The van der Waals surface area contributed by atoms with Crippen molar-refractivity contribution >= 4 is 16.9 Å². The molecule has 2 aromatic rings. The summed E-state index contributed by atoms with van der Waals surface area (Å²) in [5.74, 6) is -0.711. The molecule has 1 aliphatic rings. The van der Waals surface area contributed by atoms with Crippen LogP contribution in [0.15, 0.2) is 30.5 Å². The second-order valence-corrected chi connectivity index (χ2v) is 5.80. The summed E-state index contributed by atoms with van der Waals surface area (Å²) in [6.07, 6.45) is 4.85. The summed E-state index contributed by atoms with van der Waals surface area (Å²) in [6.45, 7) is 4.61. The van der Waals surface area contributed by atoms with Crippen LogP contribution in [0.2, 0.25) is 0 Å². The molecule has 4 nitrogen and oxygen atoms in total. The third kappa shape index (κ3) is 3.10. The minimum Gasteiger partial charge on any atom is -0.481 e. The van der Waals surface area contributed by atoms with Gasteiger partial charge in [-0.15, -0.1) is 0 Å². The van der Waals surface area contributed by atoms with Crippen molar-refractivity contribution in [3.05, 3.63) is 36.0 Å². The maximum absolute atomic E-state index is 10.8. The van der Waals surface area contributed by atoms with Gasteiger partial charge in [-0.2, -0.15) is 0 Å². The molecule has 1 aliphatic carbocycles. The van der Waals surface area contributed by atoms with Gasteiger partial charge in [-0.3, -0.25) is 9.69 Å². The summed E-state index contributed by atoms with van der Waals surface area (Å²) in [7, 11) is 0. The number of aryl methyl sites for hydroxylation is 1. The first-order valence-corrected chi connectivity index (χ1v) is 7.71. The number of hydrogen-bond acceptors (Lipinski definition) is 2. The van der Waals surface area contributed by atoms with Gasteiger partial charge in [0.2, 0.25) is 0 Å². The molecule has 21 heavy (non-hydrogen) atoms. The van der Waals surface area contributed by atoms with Crippen LogP contribution in [0, 0.1) is 0 Å². The van der Waals surface area contributed by atoms with Crippen LogP contribution >= 0.6 is 0 Å². The van der Waals surface area contributed by atoms with Gasteiger partial charge in [0.25, 0.3) is 0 Å². The zero-order valence-corrected chi connectivity index (χ0v) is 12.5. The van der Waals surface area contributed by atoms with Gasteiger partial charge in [-0.05, 0) is 31.4 Å². The highest BCUT2D eigenvalue weighted by Gasteiger charge is 2.29. The highest BCUT2D eigenvalue weighted by molar-refractivity contribution is 5.83. The number of nitrogens with zero attached hydrogens (tertiary/aromatic N) is 2. The number of rotatable bonds is 7. The average Bonchev–Trinajstić information content (AvgIpc) is 3.26. The van der Waals surface area contributed by atoms with E-state index in [4.69, 9.17) is 5.11 Å². The average molecular weight is 286 g/mol. The number of carboxylic acids is 1. The van der Waals surface area contributed by atoms with Crippen molar-refractivity contribution in [1.29, 1.82) is 0 Å². The van der Waals surface area contributed by atoms with Crippen LogP contribution < -0.4 is 0 Å². The van der Waals surface area contributed by atoms with E-state index in [1.807, 2.05) is 0 Å². The number of para-hydroxylation sites is 1. The van der Waals surface area contributed by atoms with E-state index in [0.717, 1.165) is 13.1 Å². The van der Waals surface area contributed by atoms with E-state index in [9.17, 15) is 4.79 Å². The maximum atomic E-state index is 10.8. The SMILES string of the molecule is CCn1cc(CN(CCC(=O)O)C2CC2)c2ccccc21. The number of hydrogen-bond donors (Lipinski definition) is 1. The zero-order valence-electron chi connectivity index (χ0n) is 12.5. The maximum Gasteiger partial charge on any atom is 0.304 e. The van der Waals surface area contributed by atoms with Crippen LogP contribution in [0.1, 0.15) is 31.7 Å². The molecule has 112 valence electrons. The van der Waals surface area contributed by atoms with Gasteiger partial charge in [-0.1, -0.05) is 18.2 Å². The minimum absolute atomic E-state index is 0.225. The van der Waals surface area contributed by atoms with Crippen LogP contribution in [0.3, 0.4) is 0 Å². The lowest BCUT2D eigenvalue weighted by molar-refractivity contribution is -0.137. The molecule has 1 aromatic heterocycles. The molecule has 0 bridgehead atoms. The van der Waals surface area contributed by atoms with Gasteiger partial charge in [0, 0.05) is 42.8 Å². The summed E-state index contributed by atoms with van der Waals surface area (Å²) in [5.41, 5.74) is 2.58. The monoisotopic (exact) mass is 286 g/mol. The van der Waals surface area contributed by atoms with Crippen LogP contribution in [0.5, 0.6) is 0 Å². The van der Waals surface area contributed by atoms with E-state index in [2.05, 4.69) is 46.9 Å². The molecule has 1 saturated carbocycles. The van der Waals surface area contributed by atoms with Crippen molar-refractivity contribution in [3.8, 4) is 0 Å². The molecule has 1 N–H and O–H groups in total. The topological polar surface area (TPSA) is 45.5 Å². The highest BCUT2D eigenvalue weighted by atomic mass is 16.4. The lowest BCUT2D eigenvalue weighted by atomic mass is 10.1. The first-order valence-electron chi connectivity index (χ1n) is 7.71. The van der Waals surface area contributed by atoms with Crippen molar-refractivity contribution in [3.63, 3.8) is 0 Å². The number of carboxylic acid groups (broad SMARTS) is 1. The Labute approximate surface area is 125 Å². The van der Waals surface area contributed by atoms with E-state index in [-0.39, 0.29) is 6.42 Å². The Kier molecular flexibility index (Phi) is 3.97. The van der Waals surface area contributed by atoms with Gasteiger partial charge in [-0.25, -0.2) is 0 Å². The minimum atomic E-state index is -0.711. The van der Waals surface area contributed by atoms with Crippen LogP contribution in [0.4, 0.5) is 0 Å². The molecule has 0 aliphatic heterocycles. The second kappa shape index (κ2) is 5.90. The van der Waals surface area contributed by atoms with Gasteiger partial charge in [0.15, 0.2) is 0 Å². The summed E-state index contributed by atoms with van der Waals surface area (Å²) in [6, 6.07) is 9.04. The van der Waals surface area contributed by atoms with Crippen molar-refractivity contribution in [1.82, 2.24) is 9.47 Å². The first kappa shape index (κ1) is 14.1. The van der Waals surface area contributed by atoms with Crippen LogP contribution in [-0.4, -0.2) is 33.1 Å². The highest BCUT2D eigenvalue weighted by Crippen LogP contribution is 2.30. The zero-order chi connectivity index (χ0) is 14.8. The van der Waals surface area contributed by atoms with Crippen molar-refractivity contribution in [2.24, 2.45) is 0 Å². The smallest absolute Gasteiger partial charge is 0.304 e. The first-order chi connectivity index (χ1) is 10.2. The molecular formula is C17H22N2O2. The third-order valence-electron chi connectivity index (χ3n) is 4.26. The number of benzene rings is 1. The standard InChI is InChI=1S/C17H22N2O2/c1-2-18-11-13(15-5-3-4-6-16(15)18)12-19(14-7-8-14)10-9-17(20)21/h3-6,11,14H,2,7-10,12H2,1H3,(H,20,21). The van der Waals surface area contributed by atoms with Crippen molar-refractivity contribution in [2.75, 3.05) is 6.54 Å². The predicted octanol–water partition coefficient (Wildman–Crippen LogP) is 3.10. The lowest BCUT2D eigenvalue weighted by Crippen LogP contribution is -2.28. The normalized spacial score (nSPS) is 15.0. The molecule has 3 rings (SSSR count). The van der Waals surface area contributed by atoms with Gasteiger partial charge >= 0.3 is 5.97 Å². The van der Waals surface area contributed by atoms with E-state index in [1.165, 1.54) is 29.3 Å². The predicted molar refractivity (Wildman–Crippen MR) is 83.3 cm³/mol. The number of aromatic nitrogens is 1. The summed E-state index contributed by atoms with van der Waals surface area (Å²) in [4.78, 5) is 13.2. The molecule has 1 fully saturated rings. The molecule has 1 heterocycles. The largest absolute Gasteiger partial charge is 0.481 e. The van der Waals surface area contributed by atoms with Crippen LogP contribution in [-0.2, 0) is 17.9 Å². The molecule has 0 atom stereocenters. The van der Waals surface area contributed by atoms with Crippen molar-refractivity contribution < 1.29 is 9.90 Å². The fraction of sp³-hybridized carbons (Fsp3) is 0.471. The van der Waals surface area contributed by atoms with E-state index >= 15 is 0 Å². The molecule has 0 radical (unpaired) electrons. The fourth-order valence-corrected chi connectivity index (χ4v) is 3.00. The fourth-order valence-electron chi connectivity index (χ4n) is 3.00. The lowest BCUT2D eigenvalue weighted by Gasteiger charge is -2.20. The van der Waals surface area contributed by atoms with E-state index < -0.39 is 5.97 Å². The Morgan fingerprint density at radius 1 is 1.38 bits per heavy atom. The van der Waals surface area contributed by atoms with Gasteiger partial charge in [0.1, 0.15) is 0 Å².